The van der Waals surface area contributed by atoms with Gasteiger partial charge in [-0.15, -0.1) is 0 Å². The fraction of sp³-hybridized carbons (Fsp3) is 0.118. The van der Waals surface area contributed by atoms with Crippen molar-refractivity contribution in [1.29, 1.82) is 0 Å². The molecule has 2 aromatic carbocycles. The van der Waals surface area contributed by atoms with E-state index >= 15 is 0 Å². The second-order valence-electron chi connectivity index (χ2n) is 4.85. The number of ether oxygens (including phenoxy) is 1. The van der Waals surface area contributed by atoms with Crippen molar-refractivity contribution in [2.75, 3.05) is 7.11 Å². The molecule has 24 heavy (non-hydrogen) atoms. The van der Waals surface area contributed by atoms with Gasteiger partial charge in [-0.2, -0.15) is 0 Å². The van der Waals surface area contributed by atoms with Crippen LogP contribution in [0.5, 0.6) is 5.75 Å². The van der Waals surface area contributed by atoms with Gasteiger partial charge in [0.25, 0.3) is 5.91 Å². The van der Waals surface area contributed by atoms with Crippen LogP contribution in [-0.4, -0.2) is 24.0 Å². The maximum atomic E-state index is 11.9. The van der Waals surface area contributed by atoms with Crippen LogP contribution in [0.4, 0.5) is 0 Å². The molecule has 0 saturated carbocycles. The number of nitrogens with one attached hydrogen (secondary N) is 3. The van der Waals surface area contributed by atoms with Crippen molar-refractivity contribution in [1.82, 2.24) is 16.2 Å². The smallest absolute Gasteiger partial charge is 0.257 e. The molecular formula is C17H17N3O3S. The van der Waals surface area contributed by atoms with Gasteiger partial charge in [0.2, 0.25) is 5.91 Å². The van der Waals surface area contributed by atoms with Crippen LogP contribution in [0.3, 0.4) is 0 Å². The Bertz CT molecular complexity index is 718. The summed E-state index contributed by atoms with van der Waals surface area (Å²) in [5.74, 6) is 0.0936. The number of benzene rings is 2. The molecular weight excluding hydrogens is 326 g/mol. The van der Waals surface area contributed by atoms with Gasteiger partial charge >= 0.3 is 0 Å². The number of hydrogen-bond donors (Lipinski definition) is 3. The Kier molecular flexibility index (Phi) is 6.27. The maximum Gasteiger partial charge on any atom is 0.257 e. The molecule has 124 valence electrons. The number of methoxy groups -OCH3 is 1. The summed E-state index contributed by atoms with van der Waals surface area (Å²) in [6.45, 7) is 0. The number of rotatable bonds is 4. The number of hydrazine groups is 1. The molecule has 0 radical (unpaired) electrons. The molecule has 0 aromatic heterocycles. The summed E-state index contributed by atoms with van der Waals surface area (Å²) >= 11 is 4.97. The van der Waals surface area contributed by atoms with Crippen molar-refractivity contribution < 1.29 is 14.3 Å². The average molecular weight is 343 g/mol. The summed E-state index contributed by atoms with van der Waals surface area (Å²) in [7, 11) is 1.58. The number of carbonyl (C=O) groups excluding carboxylic acids is 2. The van der Waals surface area contributed by atoms with Crippen molar-refractivity contribution in [3.8, 4) is 5.75 Å². The summed E-state index contributed by atoms with van der Waals surface area (Å²) in [6.07, 6.45) is 0.173. The third-order valence-corrected chi connectivity index (χ3v) is 3.31. The first-order valence-corrected chi connectivity index (χ1v) is 7.57. The van der Waals surface area contributed by atoms with E-state index in [1.54, 1.807) is 55.6 Å². The zero-order valence-corrected chi connectivity index (χ0v) is 13.9. The molecule has 0 bridgehead atoms. The second kappa shape index (κ2) is 8.64. The third-order valence-electron chi connectivity index (χ3n) is 3.10. The van der Waals surface area contributed by atoms with Gasteiger partial charge in [0.05, 0.1) is 13.5 Å². The van der Waals surface area contributed by atoms with E-state index in [9.17, 15) is 9.59 Å². The van der Waals surface area contributed by atoms with Gasteiger partial charge in [0.1, 0.15) is 5.75 Å². The highest BCUT2D eigenvalue weighted by molar-refractivity contribution is 7.80. The van der Waals surface area contributed by atoms with Gasteiger partial charge in [0.15, 0.2) is 5.11 Å². The van der Waals surface area contributed by atoms with E-state index in [4.69, 9.17) is 17.0 Å². The minimum Gasteiger partial charge on any atom is -0.497 e. The molecule has 0 fully saturated rings. The quantitative estimate of drug-likeness (QED) is 0.580. The normalized spacial score (nSPS) is 9.71. The molecule has 0 atom stereocenters. The molecule has 7 heteroatoms. The van der Waals surface area contributed by atoms with Crippen molar-refractivity contribution in [2.24, 2.45) is 0 Å². The van der Waals surface area contributed by atoms with Crippen LogP contribution in [0, 0.1) is 0 Å². The van der Waals surface area contributed by atoms with Gasteiger partial charge in [0, 0.05) is 5.56 Å². The van der Waals surface area contributed by atoms with Crippen LogP contribution in [0.15, 0.2) is 54.6 Å². The molecule has 0 aliphatic rings. The Morgan fingerprint density at radius 2 is 1.67 bits per heavy atom. The maximum absolute atomic E-state index is 11.9. The average Bonchev–Trinajstić information content (AvgIpc) is 2.61. The molecule has 0 saturated heterocycles. The van der Waals surface area contributed by atoms with E-state index in [0.29, 0.717) is 5.56 Å². The molecule has 0 spiro atoms. The topological polar surface area (TPSA) is 79.5 Å². The van der Waals surface area contributed by atoms with E-state index in [0.717, 1.165) is 11.3 Å². The van der Waals surface area contributed by atoms with Gasteiger partial charge < -0.3 is 4.74 Å². The number of amides is 2. The number of hydrogen-bond acceptors (Lipinski definition) is 4. The first-order chi connectivity index (χ1) is 11.6. The lowest BCUT2D eigenvalue weighted by atomic mass is 10.1. The van der Waals surface area contributed by atoms with E-state index in [1.165, 1.54) is 0 Å². The van der Waals surface area contributed by atoms with Gasteiger partial charge in [-0.3, -0.25) is 25.8 Å². The molecule has 0 heterocycles. The monoisotopic (exact) mass is 343 g/mol. The minimum atomic E-state index is -0.350. The third kappa shape index (κ3) is 5.36. The predicted octanol–water partition coefficient (Wildman–Crippen LogP) is 1.57. The van der Waals surface area contributed by atoms with E-state index in [1.807, 2.05) is 6.07 Å². The Hall–Kier alpha value is -2.93. The van der Waals surface area contributed by atoms with Crippen molar-refractivity contribution >= 4 is 29.1 Å². The molecule has 0 aliphatic carbocycles. The molecule has 2 rings (SSSR count). The molecule has 2 aromatic rings. The Morgan fingerprint density at radius 3 is 2.29 bits per heavy atom. The first kappa shape index (κ1) is 17.4. The summed E-state index contributed by atoms with van der Waals surface area (Å²) < 4.78 is 5.06. The van der Waals surface area contributed by atoms with Gasteiger partial charge in [-0.1, -0.05) is 30.3 Å². The lowest BCUT2D eigenvalue weighted by molar-refractivity contribution is -0.121. The highest BCUT2D eigenvalue weighted by atomic mass is 32.1. The fourth-order valence-electron chi connectivity index (χ4n) is 1.90. The number of carbonyl (C=O) groups is 2. The Labute approximate surface area is 145 Å². The standard InChI is InChI=1S/C17H17N3O3S/c1-23-14-9-7-12(8-10-14)11-15(21)19-20-17(24)18-16(22)13-5-3-2-4-6-13/h2-10H,11H2,1H3,(H,19,21)(H2,18,20,22,24). The predicted molar refractivity (Wildman–Crippen MR) is 94.5 cm³/mol. The summed E-state index contributed by atoms with van der Waals surface area (Å²) in [5, 5.41) is 2.50. The zero-order chi connectivity index (χ0) is 17.4. The van der Waals surface area contributed by atoms with Crippen molar-refractivity contribution in [2.45, 2.75) is 6.42 Å². The summed E-state index contributed by atoms with van der Waals surface area (Å²) in [4.78, 5) is 23.7. The first-order valence-electron chi connectivity index (χ1n) is 7.16. The minimum absolute atomic E-state index is 0.0203. The largest absolute Gasteiger partial charge is 0.497 e. The zero-order valence-electron chi connectivity index (χ0n) is 13.0. The summed E-state index contributed by atoms with van der Waals surface area (Å²) in [5.41, 5.74) is 6.25. The van der Waals surface area contributed by atoms with Crippen molar-refractivity contribution in [3.63, 3.8) is 0 Å². The van der Waals surface area contributed by atoms with Crippen LogP contribution in [0.25, 0.3) is 0 Å². The van der Waals surface area contributed by atoms with Gasteiger partial charge in [-0.25, -0.2) is 0 Å². The van der Waals surface area contributed by atoms with E-state index in [-0.39, 0.29) is 23.3 Å². The molecule has 2 amide bonds. The van der Waals surface area contributed by atoms with E-state index in [2.05, 4.69) is 16.2 Å². The van der Waals surface area contributed by atoms with E-state index < -0.39 is 0 Å². The highest BCUT2D eigenvalue weighted by Crippen LogP contribution is 2.11. The Balaban J connectivity index is 1.76. The van der Waals surface area contributed by atoms with Crippen LogP contribution in [0.2, 0.25) is 0 Å². The van der Waals surface area contributed by atoms with Crippen LogP contribution < -0.4 is 20.9 Å². The molecule has 6 nitrogen and oxygen atoms in total. The lowest BCUT2D eigenvalue weighted by Gasteiger charge is -2.11. The Morgan fingerprint density at radius 1 is 1.00 bits per heavy atom. The lowest BCUT2D eigenvalue weighted by Crippen LogP contribution is -2.48. The van der Waals surface area contributed by atoms with Crippen molar-refractivity contribution in [3.05, 3.63) is 65.7 Å². The molecule has 3 N–H and O–H groups in total. The number of thiocarbonyl (C=S) groups is 1. The van der Waals surface area contributed by atoms with Crippen LogP contribution >= 0.6 is 12.2 Å². The van der Waals surface area contributed by atoms with Crippen LogP contribution in [0.1, 0.15) is 15.9 Å². The second-order valence-corrected chi connectivity index (χ2v) is 5.26. The highest BCUT2D eigenvalue weighted by Gasteiger charge is 2.08. The SMILES string of the molecule is COc1ccc(CC(=O)NNC(=S)NC(=O)c2ccccc2)cc1. The molecule has 0 unspecified atom stereocenters. The summed E-state index contributed by atoms with van der Waals surface area (Å²) in [6, 6.07) is 15.8. The van der Waals surface area contributed by atoms with Gasteiger partial charge in [-0.05, 0) is 42.0 Å². The fourth-order valence-corrected chi connectivity index (χ4v) is 2.04. The van der Waals surface area contributed by atoms with Crippen LogP contribution in [-0.2, 0) is 11.2 Å². The molecule has 0 aliphatic heterocycles.